The van der Waals surface area contributed by atoms with E-state index in [1.807, 2.05) is 24.3 Å². The van der Waals surface area contributed by atoms with Crippen molar-refractivity contribution in [3.8, 4) is 11.3 Å². The molecule has 1 heterocycles. The van der Waals surface area contributed by atoms with Gasteiger partial charge in [0.15, 0.2) is 0 Å². The molecule has 1 N–H and O–H groups in total. The van der Waals surface area contributed by atoms with E-state index in [-0.39, 0.29) is 0 Å². The molecular weight excluding hydrogens is 438 g/mol. The van der Waals surface area contributed by atoms with Gasteiger partial charge in [0, 0.05) is 19.0 Å². The molecule has 0 fully saturated rings. The summed E-state index contributed by atoms with van der Waals surface area (Å²) in [5, 5.41) is 3.33. The number of hydrogen-bond donors (Lipinski definition) is 1. The lowest BCUT2D eigenvalue weighted by Crippen LogP contribution is -2.12. The maximum atomic E-state index is 5.88. The standard InChI is InChI=1S/C14H14Br3NO/c1-2-5-18-8-10-3-4-13(19-10)14-11(16)6-9(15)7-12(14)17/h3-4,6-7,18H,2,5,8H2,1H3. The van der Waals surface area contributed by atoms with Crippen molar-refractivity contribution in [2.75, 3.05) is 6.54 Å². The Morgan fingerprint density at radius 3 is 2.42 bits per heavy atom. The van der Waals surface area contributed by atoms with Gasteiger partial charge in [-0.3, -0.25) is 0 Å². The number of nitrogens with one attached hydrogen (secondary N) is 1. The Kier molecular flexibility index (Phi) is 5.69. The van der Waals surface area contributed by atoms with Crippen LogP contribution in [-0.4, -0.2) is 6.54 Å². The first-order valence-electron chi connectivity index (χ1n) is 6.06. The summed E-state index contributed by atoms with van der Waals surface area (Å²) >= 11 is 10.6. The molecule has 1 aromatic heterocycles. The lowest BCUT2D eigenvalue weighted by atomic mass is 10.2. The molecule has 2 rings (SSSR count). The van der Waals surface area contributed by atoms with Crippen LogP contribution in [-0.2, 0) is 6.54 Å². The Morgan fingerprint density at radius 1 is 1.11 bits per heavy atom. The van der Waals surface area contributed by atoms with Crippen LogP contribution in [0.1, 0.15) is 19.1 Å². The van der Waals surface area contributed by atoms with Crippen LogP contribution in [0, 0.1) is 0 Å². The van der Waals surface area contributed by atoms with E-state index in [0.29, 0.717) is 0 Å². The fourth-order valence-electron chi connectivity index (χ4n) is 1.77. The average molecular weight is 452 g/mol. The van der Waals surface area contributed by atoms with Crippen molar-refractivity contribution in [1.29, 1.82) is 0 Å². The van der Waals surface area contributed by atoms with E-state index in [1.165, 1.54) is 0 Å². The lowest BCUT2D eigenvalue weighted by molar-refractivity contribution is 0.493. The molecule has 0 radical (unpaired) electrons. The van der Waals surface area contributed by atoms with Crippen LogP contribution >= 0.6 is 47.8 Å². The summed E-state index contributed by atoms with van der Waals surface area (Å²) in [4.78, 5) is 0. The van der Waals surface area contributed by atoms with Crippen molar-refractivity contribution in [3.05, 3.63) is 43.4 Å². The van der Waals surface area contributed by atoms with Crippen LogP contribution in [0.4, 0.5) is 0 Å². The predicted octanol–water partition coefficient (Wildman–Crippen LogP) is 5.73. The smallest absolute Gasteiger partial charge is 0.136 e. The van der Waals surface area contributed by atoms with Gasteiger partial charge in [-0.2, -0.15) is 0 Å². The summed E-state index contributed by atoms with van der Waals surface area (Å²) in [5.41, 5.74) is 1.03. The molecular formula is C14H14Br3NO. The van der Waals surface area contributed by atoms with Crippen molar-refractivity contribution in [2.45, 2.75) is 19.9 Å². The van der Waals surface area contributed by atoms with Crippen LogP contribution < -0.4 is 5.32 Å². The summed E-state index contributed by atoms with van der Waals surface area (Å²) in [6.07, 6.45) is 1.12. The first-order chi connectivity index (χ1) is 9.11. The maximum absolute atomic E-state index is 5.88. The normalized spacial score (nSPS) is 10.9. The van der Waals surface area contributed by atoms with Crippen molar-refractivity contribution in [3.63, 3.8) is 0 Å². The molecule has 0 amide bonds. The molecule has 2 nitrogen and oxygen atoms in total. The van der Waals surface area contributed by atoms with Crippen LogP contribution in [0.25, 0.3) is 11.3 Å². The van der Waals surface area contributed by atoms with E-state index in [2.05, 4.69) is 60.0 Å². The summed E-state index contributed by atoms with van der Waals surface area (Å²) in [5.74, 6) is 1.81. The highest BCUT2D eigenvalue weighted by molar-refractivity contribution is 9.11. The second kappa shape index (κ2) is 7.07. The molecule has 0 aliphatic carbocycles. The fourth-order valence-corrected chi connectivity index (χ4v) is 4.42. The number of halogens is 3. The third kappa shape index (κ3) is 3.94. The van der Waals surface area contributed by atoms with Gasteiger partial charge in [0.25, 0.3) is 0 Å². The average Bonchev–Trinajstić information content (AvgIpc) is 2.76. The van der Waals surface area contributed by atoms with Gasteiger partial charge in [0.2, 0.25) is 0 Å². The fraction of sp³-hybridized carbons (Fsp3) is 0.286. The number of hydrogen-bond acceptors (Lipinski definition) is 2. The zero-order valence-electron chi connectivity index (χ0n) is 10.5. The maximum Gasteiger partial charge on any atom is 0.136 e. The van der Waals surface area contributed by atoms with Crippen molar-refractivity contribution in [1.82, 2.24) is 5.32 Å². The quantitative estimate of drug-likeness (QED) is 0.587. The summed E-state index contributed by atoms with van der Waals surface area (Å²) in [7, 11) is 0. The number of rotatable bonds is 5. The zero-order chi connectivity index (χ0) is 13.8. The van der Waals surface area contributed by atoms with Gasteiger partial charge in [-0.1, -0.05) is 22.9 Å². The molecule has 102 valence electrons. The zero-order valence-corrected chi connectivity index (χ0v) is 15.2. The second-order valence-electron chi connectivity index (χ2n) is 4.19. The third-order valence-corrected chi connectivity index (χ3v) is 4.35. The van der Waals surface area contributed by atoms with Crippen LogP contribution in [0.2, 0.25) is 0 Å². The van der Waals surface area contributed by atoms with E-state index >= 15 is 0 Å². The van der Waals surface area contributed by atoms with Gasteiger partial charge >= 0.3 is 0 Å². The molecule has 0 saturated heterocycles. The highest BCUT2D eigenvalue weighted by Crippen LogP contribution is 2.38. The molecule has 0 aliphatic rings. The van der Waals surface area contributed by atoms with Gasteiger partial charge in [-0.25, -0.2) is 0 Å². The van der Waals surface area contributed by atoms with Crippen LogP contribution in [0.5, 0.6) is 0 Å². The summed E-state index contributed by atoms with van der Waals surface area (Å²) in [6.45, 7) is 3.91. The molecule has 0 unspecified atom stereocenters. The largest absolute Gasteiger partial charge is 0.460 e. The van der Waals surface area contributed by atoms with E-state index < -0.39 is 0 Å². The lowest BCUT2D eigenvalue weighted by Gasteiger charge is -2.06. The van der Waals surface area contributed by atoms with Crippen LogP contribution in [0.15, 0.2) is 42.1 Å². The molecule has 19 heavy (non-hydrogen) atoms. The molecule has 0 saturated carbocycles. The van der Waals surface area contributed by atoms with E-state index in [1.54, 1.807) is 0 Å². The minimum absolute atomic E-state index is 0.763. The first-order valence-corrected chi connectivity index (χ1v) is 8.44. The van der Waals surface area contributed by atoms with E-state index in [0.717, 1.165) is 50.0 Å². The Morgan fingerprint density at radius 2 is 1.79 bits per heavy atom. The Bertz CT molecular complexity index is 543. The van der Waals surface area contributed by atoms with Crippen molar-refractivity contribution < 1.29 is 4.42 Å². The summed E-state index contributed by atoms with van der Waals surface area (Å²) < 4.78 is 8.89. The Labute approximate surface area is 138 Å². The monoisotopic (exact) mass is 449 g/mol. The molecule has 2 aromatic rings. The number of benzene rings is 1. The second-order valence-corrected chi connectivity index (χ2v) is 6.81. The Hall–Kier alpha value is -0.100. The molecule has 0 spiro atoms. The van der Waals surface area contributed by atoms with Gasteiger partial charge in [-0.05, 0) is 69.1 Å². The van der Waals surface area contributed by atoms with Gasteiger partial charge in [0.05, 0.1) is 6.54 Å². The number of furan rings is 1. The highest BCUT2D eigenvalue weighted by Gasteiger charge is 2.13. The van der Waals surface area contributed by atoms with Gasteiger partial charge in [-0.15, -0.1) is 0 Å². The molecule has 0 aliphatic heterocycles. The van der Waals surface area contributed by atoms with Gasteiger partial charge in [0.1, 0.15) is 11.5 Å². The minimum Gasteiger partial charge on any atom is -0.460 e. The van der Waals surface area contributed by atoms with E-state index in [4.69, 9.17) is 4.42 Å². The third-order valence-electron chi connectivity index (χ3n) is 2.64. The molecule has 0 atom stereocenters. The van der Waals surface area contributed by atoms with E-state index in [9.17, 15) is 0 Å². The van der Waals surface area contributed by atoms with Crippen molar-refractivity contribution >= 4 is 47.8 Å². The SMILES string of the molecule is CCCNCc1ccc(-c2c(Br)cc(Br)cc2Br)o1. The van der Waals surface area contributed by atoms with Crippen LogP contribution in [0.3, 0.4) is 0 Å². The first kappa shape index (κ1) is 15.3. The Balaban J connectivity index is 2.23. The van der Waals surface area contributed by atoms with Gasteiger partial charge < -0.3 is 9.73 Å². The highest BCUT2D eigenvalue weighted by atomic mass is 79.9. The molecule has 0 bridgehead atoms. The topological polar surface area (TPSA) is 25.2 Å². The van der Waals surface area contributed by atoms with Crippen molar-refractivity contribution in [2.24, 2.45) is 0 Å². The molecule has 5 heteroatoms. The minimum atomic E-state index is 0.763. The summed E-state index contributed by atoms with van der Waals surface area (Å²) in [6, 6.07) is 8.04. The predicted molar refractivity (Wildman–Crippen MR) is 89.2 cm³/mol. The molecule has 1 aromatic carbocycles.